The Hall–Kier alpha value is -3.12. The number of carbonyl (C=O) groups excluding carboxylic acids is 1. The Morgan fingerprint density at radius 3 is 2.88 bits per heavy atom. The quantitative estimate of drug-likeness (QED) is 0.446. The highest BCUT2D eigenvalue weighted by Crippen LogP contribution is 2.32. The van der Waals surface area contributed by atoms with E-state index in [0.717, 1.165) is 47.5 Å². The fourth-order valence-corrected chi connectivity index (χ4v) is 4.46. The van der Waals surface area contributed by atoms with E-state index in [1.54, 1.807) is 6.26 Å². The van der Waals surface area contributed by atoms with Crippen LogP contribution in [-0.4, -0.2) is 41.7 Å². The summed E-state index contributed by atoms with van der Waals surface area (Å²) in [5, 5.41) is 0. The Morgan fingerprint density at radius 1 is 1.21 bits per heavy atom. The molecule has 2 aromatic carbocycles. The van der Waals surface area contributed by atoms with Crippen LogP contribution in [0.2, 0.25) is 0 Å². The van der Waals surface area contributed by atoms with Gasteiger partial charge in [-0.1, -0.05) is 29.8 Å². The smallest absolute Gasteiger partial charge is 0.326 e. The number of methoxy groups -OCH3 is 1. The van der Waals surface area contributed by atoms with Gasteiger partial charge in [-0.25, -0.2) is 4.98 Å². The van der Waals surface area contributed by atoms with Gasteiger partial charge in [-0.05, 0) is 69.5 Å². The maximum Gasteiger partial charge on any atom is 0.326 e. The van der Waals surface area contributed by atoms with Gasteiger partial charge in [0.15, 0.2) is 0 Å². The van der Waals surface area contributed by atoms with E-state index in [-0.39, 0.29) is 5.97 Å². The predicted molar refractivity (Wildman–Crippen MR) is 127 cm³/mol. The predicted octanol–water partition coefficient (Wildman–Crippen LogP) is 5.11. The Balaban J connectivity index is 1.35. The van der Waals surface area contributed by atoms with E-state index in [1.807, 2.05) is 25.1 Å². The standard InChI is InChI=1S/C27H32N2O4/c1-19-9-10-20(2)24(15-19)25-28-22(18-33-25)11-14-32-23-8-5-7-21(16-23)17-29-13-6-12-27(29,3)26(30)31-4/h5,7-10,15-16,18H,6,11-14,17H2,1-4H3. The normalized spacial score (nSPS) is 18.4. The van der Waals surface area contributed by atoms with E-state index in [4.69, 9.17) is 13.9 Å². The summed E-state index contributed by atoms with van der Waals surface area (Å²) >= 11 is 0. The number of rotatable bonds is 8. The van der Waals surface area contributed by atoms with Crippen LogP contribution in [-0.2, 0) is 22.5 Å². The molecular weight excluding hydrogens is 416 g/mol. The van der Waals surface area contributed by atoms with Crippen molar-refractivity contribution in [3.05, 3.63) is 71.1 Å². The number of esters is 1. The first-order valence-corrected chi connectivity index (χ1v) is 11.5. The fourth-order valence-electron chi connectivity index (χ4n) is 4.46. The van der Waals surface area contributed by atoms with Gasteiger partial charge in [-0.15, -0.1) is 0 Å². The van der Waals surface area contributed by atoms with Crippen LogP contribution in [0.15, 0.2) is 53.1 Å². The van der Waals surface area contributed by atoms with Gasteiger partial charge in [0.05, 0.1) is 19.4 Å². The molecule has 1 aliphatic rings. The molecule has 2 heterocycles. The molecule has 0 aliphatic carbocycles. The summed E-state index contributed by atoms with van der Waals surface area (Å²) < 4.78 is 16.8. The van der Waals surface area contributed by atoms with Gasteiger partial charge in [0.25, 0.3) is 0 Å². The first-order chi connectivity index (χ1) is 15.9. The molecule has 174 valence electrons. The van der Waals surface area contributed by atoms with Gasteiger partial charge in [0.2, 0.25) is 5.89 Å². The molecule has 0 saturated carbocycles. The van der Waals surface area contributed by atoms with E-state index >= 15 is 0 Å². The Labute approximate surface area is 195 Å². The van der Waals surface area contributed by atoms with E-state index in [9.17, 15) is 4.79 Å². The minimum atomic E-state index is -0.564. The number of likely N-dealkylation sites (tertiary alicyclic amines) is 1. The average molecular weight is 449 g/mol. The molecule has 6 heteroatoms. The molecule has 0 amide bonds. The van der Waals surface area contributed by atoms with Gasteiger partial charge >= 0.3 is 5.97 Å². The topological polar surface area (TPSA) is 64.8 Å². The Kier molecular flexibility index (Phi) is 6.84. The summed E-state index contributed by atoms with van der Waals surface area (Å²) in [6.45, 7) is 8.17. The second kappa shape index (κ2) is 9.79. The maximum atomic E-state index is 12.3. The minimum absolute atomic E-state index is 0.166. The minimum Gasteiger partial charge on any atom is -0.493 e. The molecule has 3 aromatic rings. The monoisotopic (exact) mass is 448 g/mol. The molecule has 0 spiro atoms. The molecular formula is C27H32N2O4. The van der Waals surface area contributed by atoms with Gasteiger partial charge in [0.1, 0.15) is 17.6 Å². The number of oxazole rings is 1. The molecule has 1 unspecified atom stereocenters. The van der Waals surface area contributed by atoms with Crippen molar-refractivity contribution in [2.24, 2.45) is 0 Å². The second-order valence-corrected chi connectivity index (χ2v) is 9.00. The van der Waals surface area contributed by atoms with Crippen molar-refractivity contribution in [1.82, 2.24) is 9.88 Å². The molecule has 4 rings (SSSR count). The Bertz CT molecular complexity index is 1120. The molecule has 0 bridgehead atoms. The van der Waals surface area contributed by atoms with Crippen LogP contribution in [0, 0.1) is 13.8 Å². The van der Waals surface area contributed by atoms with Gasteiger partial charge in [0, 0.05) is 18.5 Å². The summed E-state index contributed by atoms with van der Waals surface area (Å²) in [6.07, 6.45) is 4.17. The van der Waals surface area contributed by atoms with Crippen LogP contribution in [0.25, 0.3) is 11.5 Å². The second-order valence-electron chi connectivity index (χ2n) is 9.00. The van der Waals surface area contributed by atoms with Crippen molar-refractivity contribution in [2.45, 2.75) is 52.1 Å². The van der Waals surface area contributed by atoms with Crippen molar-refractivity contribution >= 4 is 5.97 Å². The molecule has 0 radical (unpaired) electrons. The number of hydrogen-bond donors (Lipinski definition) is 0. The summed E-state index contributed by atoms with van der Waals surface area (Å²) in [4.78, 5) is 19.1. The molecule has 1 atom stereocenters. The lowest BCUT2D eigenvalue weighted by molar-refractivity contribution is -0.152. The molecule has 1 aliphatic heterocycles. The SMILES string of the molecule is COC(=O)C1(C)CCCN1Cc1cccc(OCCc2coc(-c3cc(C)ccc3C)n2)c1. The number of benzene rings is 2. The van der Waals surface area contributed by atoms with Crippen LogP contribution in [0.1, 0.15) is 42.1 Å². The summed E-state index contributed by atoms with van der Waals surface area (Å²) in [5.74, 6) is 1.29. The molecule has 33 heavy (non-hydrogen) atoms. The number of aromatic nitrogens is 1. The number of hydrogen-bond acceptors (Lipinski definition) is 6. The molecule has 6 nitrogen and oxygen atoms in total. The average Bonchev–Trinajstić information content (AvgIpc) is 3.43. The molecule has 1 saturated heterocycles. The lowest BCUT2D eigenvalue weighted by Gasteiger charge is -2.32. The van der Waals surface area contributed by atoms with Crippen LogP contribution < -0.4 is 4.74 Å². The summed E-state index contributed by atoms with van der Waals surface area (Å²) in [5.41, 5.74) is 4.76. The molecule has 1 fully saturated rings. The zero-order valence-electron chi connectivity index (χ0n) is 19.9. The maximum absolute atomic E-state index is 12.3. The summed E-state index contributed by atoms with van der Waals surface area (Å²) in [7, 11) is 1.46. The summed E-state index contributed by atoms with van der Waals surface area (Å²) in [6, 6.07) is 14.3. The third kappa shape index (κ3) is 5.11. The van der Waals surface area contributed by atoms with E-state index < -0.39 is 5.54 Å². The fraction of sp³-hybridized carbons (Fsp3) is 0.407. The number of nitrogens with zero attached hydrogens (tertiary/aromatic N) is 2. The van der Waals surface area contributed by atoms with Gasteiger partial charge in [-0.3, -0.25) is 9.69 Å². The highest BCUT2D eigenvalue weighted by Gasteiger charge is 2.44. The number of aryl methyl sites for hydroxylation is 2. The van der Waals surface area contributed by atoms with Crippen LogP contribution in [0.4, 0.5) is 0 Å². The largest absolute Gasteiger partial charge is 0.493 e. The first kappa shape index (κ1) is 23.1. The van der Waals surface area contributed by atoms with E-state index in [1.165, 1.54) is 12.7 Å². The van der Waals surface area contributed by atoms with E-state index in [2.05, 4.69) is 48.0 Å². The van der Waals surface area contributed by atoms with Crippen LogP contribution in [0.5, 0.6) is 5.75 Å². The number of ether oxygens (including phenoxy) is 2. The van der Waals surface area contributed by atoms with Gasteiger partial charge < -0.3 is 13.9 Å². The third-order valence-electron chi connectivity index (χ3n) is 6.49. The molecule has 0 N–H and O–H groups in total. The van der Waals surface area contributed by atoms with E-state index in [0.29, 0.717) is 25.5 Å². The van der Waals surface area contributed by atoms with Crippen molar-refractivity contribution in [1.29, 1.82) is 0 Å². The van der Waals surface area contributed by atoms with Gasteiger partial charge in [-0.2, -0.15) is 0 Å². The highest BCUT2D eigenvalue weighted by atomic mass is 16.5. The highest BCUT2D eigenvalue weighted by molar-refractivity contribution is 5.80. The number of carbonyl (C=O) groups is 1. The lowest BCUT2D eigenvalue weighted by atomic mass is 9.98. The third-order valence-corrected chi connectivity index (χ3v) is 6.49. The van der Waals surface area contributed by atoms with Crippen molar-refractivity contribution in [2.75, 3.05) is 20.3 Å². The van der Waals surface area contributed by atoms with Crippen molar-refractivity contribution in [3.8, 4) is 17.2 Å². The van der Waals surface area contributed by atoms with Crippen LogP contribution >= 0.6 is 0 Å². The van der Waals surface area contributed by atoms with Crippen LogP contribution in [0.3, 0.4) is 0 Å². The zero-order valence-corrected chi connectivity index (χ0v) is 19.9. The molecule has 1 aromatic heterocycles. The Morgan fingerprint density at radius 2 is 2.06 bits per heavy atom. The first-order valence-electron chi connectivity index (χ1n) is 11.5. The van der Waals surface area contributed by atoms with Crippen molar-refractivity contribution in [3.63, 3.8) is 0 Å². The zero-order chi connectivity index (χ0) is 23.4. The lowest BCUT2D eigenvalue weighted by Crippen LogP contribution is -2.48. The van der Waals surface area contributed by atoms with Crippen molar-refractivity contribution < 1.29 is 18.7 Å².